The third-order valence-corrected chi connectivity index (χ3v) is 5.23. The second-order valence-electron chi connectivity index (χ2n) is 7.04. The van der Waals surface area contributed by atoms with E-state index in [9.17, 15) is 9.18 Å². The van der Waals surface area contributed by atoms with Crippen LogP contribution in [0.3, 0.4) is 0 Å². The van der Waals surface area contributed by atoms with E-state index in [2.05, 4.69) is 4.90 Å². The Morgan fingerprint density at radius 3 is 2.64 bits per heavy atom. The molecule has 2 heterocycles. The number of halogens is 1. The number of para-hydroxylation sites is 1. The Morgan fingerprint density at radius 2 is 1.89 bits per heavy atom. The Morgan fingerprint density at radius 1 is 1.11 bits per heavy atom. The van der Waals surface area contributed by atoms with Crippen LogP contribution in [0.5, 0.6) is 5.75 Å². The van der Waals surface area contributed by atoms with Crippen molar-refractivity contribution in [2.45, 2.75) is 19.4 Å². The number of fused-ring (bicyclic) bond motifs is 1. The highest BCUT2D eigenvalue weighted by molar-refractivity contribution is 5.86. The van der Waals surface area contributed by atoms with Gasteiger partial charge in [0.25, 0.3) is 0 Å². The number of pyridine rings is 1. The number of benzene rings is 2. The van der Waals surface area contributed by atoms with Crippen LogP contribution < -0.4 is 15.4 Å². The van der Waals surface area contributed by atoms with Gasteiger partial charge in [0.1, 0.15) is 29.5 Å². The first-order valence-corrected chi connectivity index (χ1v) is 9.42. The van der Waals surface area contributed by atoms with Gasteiger partial charge in [0.2, 0.25) is 5.91 Å². The maximum Gasteiger partial charge on any atom is 0.220 e. The smallest absolute Gasteiger partial charge is 0.220 e. The van der Waals surface area contributed by atoms with Crippen molar-refractivity contribution in [3.05, 3.63) is 66.0 Å². The average Bonchev–Trinajstić information content (AvgIpc) is 2.73. The predicted molar refractivity (Wildman–Crippen MR) is 107 cm³/mol. The Bertz CT molecular complexity index is 1000. The van der Waals surface area contributed by atoms with E-state index in [1.807, 2.05) is 30.3 Å². The van der Waals surface area contributed by atoms with Crippen LogP contribution in [-0.2, 0) is 11.4 Å². The monoisotopic (exact) mass is 379 g/mol. The van der Waals surface area contributed by atoms with Crippen molar-refractivity contribution in [1.29, 1.82) is 0 Å². The Kier molecular flexibility index (Phi) is 5.10. The molecule has 4 rings (SSSR count). The van der Waals surface area contributed by atoms with Crippen molar-refractivity contribution in [2.75, 3.05) is 18.0 Å². The van der Waals surface area contributed by atoms with Crippen molar-refractivity contribution in [3.8, 4) is 5.75 Å². The Hall–Kier alpha value is -3.15. The Labute approximate surface area is 162 Å². The summed E-state index contributed by atoms with van der Waals surface area (Å²) < 4.78 is 19.8. The van der Waals surface area contributed by atoms with Crippen LogP contribution in [0.25, 0.3) is 10.9 Å². The average molecular weight is 379 g/mol. The van der Waals surface area contributed by atoms with E-state index in [0.717, 1.165) is 42.7 Å². The number of aromatic nitrogens is 1. The molecule has 6 heteroatoms. The van der Waals surface area contributed by atoms with Gasteiger partial charge in [0.15, 0.2) is 0 Å². The molecule has 5 nitrogen and oxygen atoms in total. The van der Waals surface area contributed by atoms with Crippen molar-refractivity contribution in [2.24, 2.45) is 11.7 Å². The molecule has 1 aromatic heterocycles. The van der Waals surface area contributed by atoms with Crippen LogP contribution in [0, 0.1) is 11.7 Å². The summed E-state index contributed by atoms with van der Waals surface area (Å²) in [5.74, 6) is 0.895. The largest absolute Gasteiger partial charge is 0.487 e. The van der Waals surface area contributed by atoms with Crippen LogP contribution >= 0.6 is 0 Å². The van der Waals surface area contributed by atoms with Crippen molar-refractivity contribution >= 4 is 22.6 Å². The fourth-order valence-corrected chi connectivity index (χ4v) is 3.57. The van der Waals surface area contributed by atoms with Gasteiger partial charge in [-0.3, -0.25) is 4.79 Å². The minimum absolute atomic E-state index is 0.0589. The normalized spacial score (nSPS) is 15.0. The lowest BCUT2D eigenvalue weighted by Crippen LogP contribution is -2.38. The number of rotatable bonds is 5. The zero-order valence-electron chi connectivity index (χ0n) is 15.5. The third kappa shape index (κ3) is 3.76. The van der Waals surface area contributed by atoms with Gasteiger partial charge in [-0.05, 0) is 37.1 Å². The quantitative estimate of drug-likeness (QED) is 0.735. The van der Waals surface area contributed by atoms with Crippen LogP contribution in [0.4, 0.5) is 10.2 Å². The Balaban J connectivity index is 1.56. The summed E-state index contributed by atoms with van der Waals surface area (Å²) >= 11 is 0. The van der Waals surface area contributed by atoms with Gasteiger partial charge in [0.05, 0.1) is 0 Å². The molecule has 144 valence electrons. The molecule has 28 heavy (non-hydrogen) atoms. The van der Waals surface area contributed by atoms with E-state index in [4.69, 9.17) is 15.5 Å². The maximum atomic E-state index is 13.9. The second kappa shape index (κ2) is 7.84. The zero-order chi connectivity index (χ0) is 19.5. The van der Waals surface area contributed by atoms with Gasteiger partial charge < -0.3 is 15.4 Å². The number of primary amides is 1. The highest BCUT2D eigenvalue weighted by Crippen LogP contribution is 2.29. The molecule has 1 aliphatic rings. The summed E-state index contributed by atoms with van der Waals surface area (Å²) in [6.07, 6.45) is 1.47. The van der Waals surface area contributed by atoms with Crippen LogP contribution in [0.2, 0.25) is 0 Å². The molecule has 0 saturated carbocycles. The molecule has 0 unspecified atom stereocenters. The summed E-state index contributed by atoms with van der Waals surface area (Å²) in [5, 5.41) is 0.960. The second-order valence-corrected chi connectivity index (χ2v) is 7.04. The first kappa shape index (κ1) is 18.2. The number of hydrogen-bond acceptors (Lipinski definition) is 4. The molecule has 0 atom stereocenters. The van der Waals surface area contributed by atoms with Gasteiger partial charge in [-0.2, -0.15) is 0 Å². The molecule has 2 aromatic carbocycles. The number of nitrogens with two attached hydrogens (primary N) is 1. The van der Waals surface area contributed by atoms with Crippen LogP contribution in [-0.4, -0.2) is 24.0 Å². The fourth-order valence-electron chi connectivity index (χ4n) is 3.57. The number of hydrogen-bond donors (Lipinski definition) is 1. The molecule has 0 spiro atoms. The summed E-state index contributed by atoms with van der Waals surface area (Å²) in [5.41, 5.74) is 6.67. The molecule has 0 bridgehead atoms. The highest BCUT2D eigenvalue weighted by atomic mass is 19.1. The van der Waals surface area contributed by atoms with E-state index < -0.39 is 0 Å². The summed E-state index contributed by atoms with van der Waals surface area (Å²) in [6.45, 7) is 1.62. The minimum atomic E-state index is -0.284. The lowest BCUT2D eigenvalue weighted by atomic mass is 9.96. The highest BCUT2D eigenvalue weighted by Gasteiger charge is 2.24. The summed E-state index contributed by atoms with van der Waals surface area (Å²) in [4.78, 5) is 18.3. The number of carbonyl (C=O) groups excluding carboxylic acids is 1. The maximum absolute atomic E-state index is 13.9. The first-order chi connectivity index (χ1) is 13.6. The van der Waals surface area contributed by atoms with E-state index >= 15 is 0 Å². The van der Waals surface area contributed by atoms with Crippen LogP contribution in [0.15, 0.2) is 54.6 Å². The standard InChI is InChI=1S/C22H22FN3O2/c23-18-6-2-1-4-17(18)14-28-19-7-3-5-15-8-9-20(25-21(15)19)26-12-10-16(11-13-26)22(24)27/h1-9,16H,10-14H2,(H2,24,27). The molecule has 2 N–H and O–H groups in total. The van der Waals surface area contributed by atoms with Gasteiger partial charge in [-0.25, -0.2) is 9.37 Å². The van der Waals surface area contributed by atoms with Gasteiger partial charge in [-0.15, -0.1) is 0 Å². The van der Waals surface area contributed by atoms with Gasteiger partial charge in [-0.1, -0.05) is 30.3 Å². The predicted octanol–water partition coefficient (Wildman–Crippen LogP) is 3.65. The molecular formula is C22H22FN3O2. The van der Waals surface area contributed by atoms with Gasteiger partial charge in [0, 0.05) is 30.0 Å². The van der Waals surface area contributed by atoms with E-state index in [1.54, 1.807) is 18.2 Å². The van der Waals surface area contributed by atoms with Crippen molar-refractivity contribution in [3.63, 3.8) is 0 Å². The minimum Gasteiger partial charge on any atom is -0.487 e. The molecule has 1 saturated heterocycles. The molecule has 1 amide bonds. The number of piperidine rings is 1. The van der Waals surface area contributed by atoms with E-state index in [1.165, 1.54) is 6.07 Å². The number of amides is 1. The molecule has 3 aromatic rings. The van der Waals surface area contributed by atoms with E-state index in [0.29, 0.717) is 11.3 Å². The van der Waals surface area contributed by atoms with Crippen molar-refractivity contribution < 1.29 is 13.9 Å². The summed E-state index contributed by atoms with van der Waals surface area (Å²) in [6, 6.07) is 16.3. The van der Waals surface area contributed by atoms with Crippen molar-refractivity contribution in [1.82, 2.24) is 4.98 Å². The first-order valence-electron chi connectivity index (χ1n) is 9.42. The van der Waals surface area contributed by atoms with E-state index in [-0.39, 0.29) is 24.2 Å². The molecule has 1 fully saturated rings. The summed E-state index contributed by atoms with van der Waals surface area (Å²) in [7, 11) is 0. The van der Waals surface area contributed by atoms with Crippen LogP contribution in [0.1, 0.15) is 18.4 Å². The topological polar surface area (TPSA) is 68.5 Å². The number of anilines is 1. The number of carbonyl (C=O) groups is 1. The lowest BCUT2D eigenvalue weighted by molar-refractivity contribution is -0.122. The molecule has 0 radical (unpaired) electrons. The third-order valence-electron chi connectivity index (χ3n) is 5.23. The number of nitrogens with zero attached hydrogens (tertiary/aromatic N) is 2. The molecule has 1 aliphatic heterocycles. The SMILES string of the molecule is NC(=O)C1CCN(c2ccc3cccc(OCc4ccccc4F)c3n2)CC1. The fraction of sp³-hybridized carbons (Fsp3) is 0.273. The molecular weight excluding hydrogens is 357 g/mol. The zero-order valence-corrected chi connectivity index (χ0v) is 15.5. The number of ether oxygens (including phenoxy) is 1. The van der Waals surface area contributed by atoms with Gasteiger partial charge >= 0.3 is 0 Å². The lowest BCUT2D eigenvalue weighted by Gasteiger charge is -2.31. The molecule has 0 aliphatic carbocycles.